The van der Waals surface area contributed by atoms with Gasteiger partial charge >= 0.3 is 0 Å². The van der Waals surface area contributed by atoms with Gasteiger partial charge in [-0.1, -0.05) is 22.9 Å². The molecule has 0 unspecified atom stereocenters. The van der Waals surface area contributed by atoms with E-state index in [1.54, 1.807) is 12.0 Å². The molecule has 1 aliphatic rings. The van der Waals surface area contributed by atoms with Crippen molar-refractivity contribution in [3.05, 3.63) is 60.0 Å². The third kappa shape index (κ3) is 4.23. The number of ether oxygens (including phenoxy) is 2. The van der Waals surface area contributed by atoms with Crippen molar-refractivity contribution in [1.29, 1.82) is 0 Å². The van der Waals surface area contributed by atoms with Crippen LogP contribution in [0.15, 0.2) is 53.1 Å². The fourth-order valence-electron chi connectivity index (χ4n) is 3.41. The number of aryl methyl sites for hydroxylation is 1. The minimum Gasteiger partial charge on any atom is -0.497 e. The van der Waals surface area contributed by atoms with Crippen LogP contribution >= 0.6 is 0 Å². The van der Waals surface area contributed by atoms with Gasteiger partial charge in [0.1, 0.15) is 17.5 Å². The van der Waals surface area contributed by atoms with Crippen LogP contribution in [0.3, 0.4) is 0 Å². The van der Waals surface area contributed by atoms with Gasteiger partial charge in [0, 0.05) is 12.1 Å². The molecule has 2 aromatic carbocycles. The van der Waals surface area contributed by atoms with Crippen LogP contribution < -0.4 is 9.47 Å². The fourth-order valence-corrected chi connectivity index (χ4v) is 3.41. The first kappa shape index (κ1) is 19.0. The molecule has 4 rings (SSSR count). The van der Waals surface area contributed by atoms with Crippen LogP contribution in [0.25, 0.3) is 11.4 Å². The summed E-state index contributed by atoms with van der Waals surface area (Å²) in [6.07, 6.45) is 1.68. The second-order valence-corrected chi connectivity index (χ2v) is 7.03. The van der Waals surface area contributed by atoms with E-state index in [4.69, 9.17) is 14.0 Å². The highest BCUT2D eigenvalue weighted by molar-refractivity contribution is 5.78. The van der Waals surface area contributed by atoms with Crippen molar-refractivity contribution < 1.29 is 18.8 Å². The van der Waals surface area contributed by atoms with E-state index in [0.29, 0.717) is 24.0 Å². The van der Waals surface area contributed by atoms with Crippen molar-refractivity contribution in [3.63, 3.8) is 0 Å². The number of likely N-dealkylation sites (tertiary alicyclic amines) is 1. The molecule has 1 atom stereocenters. The molecule has 0 aliphatic carbocycles. The van der Waals surface area contributed by atoms with Gasteiger partial charge in [-0.25, -0.2) is 0 Å². The molecule has 0 N–H and O–H groups in total. The summed E-state index contributed by atoms with van der Waals surface area (Å²) in [5, 5.41) is 4.09. The van der Waals surface area contributed by atoms with Crippen molar-refractivity contribution in [3.8, 4) is 22.9 Å². The van der Waals surface area contributed by atoms with E-state index in [-0.39, 0.29) is 18.6 Å². The Hall–Kier alpha value is -3.35. The maximum Gasteiger partial charge on any atom is 0.261 e. The topological polar surface area (TPSA) is 77.7 Å². The van der Waals surface area contributed by atoms with Crippen LogP contribution in [0, 0.1) is 6.92 Å². The number of rotatable bonds is 6. The molecule has 1 aromatic heterocycles. The molecule has 150 valence electrons. The van der Waals surface area contributed by atoms with Gasteiger partial charge in [0.05, 0.1) is 7.11 Å². The Morgan fingerprint density at radius 3 is 2.59 bits per heavy atom. The zero-order chi connectivity index (χ0) is 20.2. The lowest BCUT2D eigenvalue weighted by atomic mass is 10.2. The normalized spacial score (nSPS) is 16.1. The Balaban J connectivity index is 1.43. The van der Waals surface area contributed by atoms with Gasteiger partial charge in [0.2, 0.25) is 11.7 Å². The largest absolute Gasteiger partial charge is 0.497 e. The van der Waals surface area contributed by atoms with Crippen molar-refractivity contribution in [2.75, 3.05) is 20.3 Å². The van der Waals surface area contributed by atoms with Crippen molar-refractivity contribution >= 4 is 5.91 Å². The first-order valence-corrected chi connectivity index (χ1v) is 9.61. The van der Waals surface area contributed by atoms with E-state index in [2.05, 4.69) is 10.1 Å². The minimum absolute atomic E-state index is 0.0148. The number of nitrogens with zero attached hydrogens (tertiary/aromatic N) is 3. The molecule has 7 nitrogen and oxygen atoms in total. The standard InChI is InChI=1S/C22H23N3O4/c1-15-5-9-18(10-6-15)28-14-20(26)25-13-3-4-19(25)22-23-21(24-29-22)16-7-11-17(27-2)12-8-16/h5-12,19H,3-4,13-14H2,1-2H3/t19-/m1/s1. The van der Waals surface area contributed by atoms with Crippen LogP contribution in [-0.4, -0.2) is 41.2 Å². The minimum atomic E-state index is -0.219. The van der Waals surface area contributed by atoms with Gasteiger partial charge in [0.25, 0.3) is 5.91 Å². The second-order valence-electron chi connectivity index (χ2n) is 7.03. The Morgan fingerprint density at radius 2 is 1.86 bits per heavy atom. The molecular formula is C22H23N3O4. The molecule has 0 saturated carbocycles. The number of hydrogen-bond donors (Lipinski definition) is 0. The highest BCUT2D eigenvalue weighted by atomic mass is 16.5. The number of hydrogen-bond acceptors (Lipinski definition) is 6. The summed E-state index contributed by atoms with van der Waals surface area (Å²) < 4.78 is 16.3. The maximum absolute atomic E-state index is 12.7. The van der Waals surface area contributed by atoms with Gasteiger partial charge in [-0.2, -0.15) is 4.98 Å². The van der Waals surface area contributed by atoms with E-state index in [9.17, 15) is 4.79 Å². The molecule has 1 amide bonds. The predicted octanol–water partition coefficient (Wildman–Crippen LogP) is 3.80. The van der Waals surface area contributed by atoms with Crippen LogP contribution in [0.5, 0.6) is 11.5 Å². The molecule has 1 aliphatic heterocycles. The SMILES string of the molecule is COc1ccc(-c2noc([C@H]3CCCN3C(=O)COc3ccc(C)cc3)n2)cc1. The lowest BCUT2D eigenvalue weighted by Crippen LogP contribution is -2.34. The van der Waals surface area contributed by atoms with E-state index in [1.165, 1.54) is 0 Å². The zero-order valence-electron chi connectivity index (χ0n) is 16.5. The van der Waals surface area contributed by atoms with Crippen LogP contribution in [0.1, 0.15) is 30.3 Å². The molecule has 1 fully saturated rings. The number of methoxy groups -OCH3 is 1. The van der Waals surface area contributed by atoms with Gasteiger partial charge in [-0.3, -0.25) is 4.79 Å². The van der Waals surface area contributed by atoms with Crippen molar-refractivity contribution in [2.24, 2.45) is 0 Å². The maximum atomic E-state index is 12.7. The molecule has 7 heteroatoms. The van der Waals surface area contributed by atoms with Crippen LogP contribution in [0.2, 0.25) is 0 Å². The monoisotopic (exact) mass is 393 g/mol. The summed E-state index contributed by atoms with van der Waals surface area (Å²) in [6, 6.07) is 14.9. The Kier molecular flexibility index (Phi) is 5.46. The summed E-state index contributed by atoms with van der Waals surface area (Å²) >= 11 is 0. The van der Waals surface area contributed by atoms with E-state index < -0.39 is 0 Å². The van der Waals surface area contributed by atoms with E-state index in [0.717, 1.165) is 29.7 Å². The van der Waals surface area contributed by atoms with E-state index in [1.807, 2.05) is 55.5 Å². The quantitative estimate of drug-likeness (QED) is 0.634. The molecule has 0 spiro atoms. The summed E-state index contributed by atoms with van der Waals surface area (Å²) in [5.74, 6) is 2.31. The van der Waals surface area contributed by atoms with Crippen molar-refractivity contribution in [2.45, 2.75) is 25.8 Å². The van der Waals surface area contributed by atoms with Gasteiger partial charge in [-0.15, -0.1) is 0 Å². The lowest BCUT2D eigenvalue weighted by Gasteiger charge is -2.21. The average molecular weight is 393 g/mol. The van der Waals surface area contributed by atoms with Gasteiger partial charge in [0.15, 0.2) is 6.61 Å². The van der Waals surface area contributed by atoms with E-state index >= 15 is 0 Å². The van der Waals surface area contributed by atoms with Crippen LogP contribution in [-0.2, 0) is 4.79 Å². The highest BCUT2D eigenvalue weighted by Gasteiger charge is 2.34. The molecule has 3 aromatic rings. The lowest BCUT2D eigenvalue weighted by molar-refractivity contribution is -0.134. The zero-order valence-corrected chi connectivity index (χ0v) is 16.5. The number of aromatic nitrogens is 2. The molecule has 2 heterocycles. The predicted molar refractivity (Wildman–Crippen MR) is 107 cm³/mol. The third-order valence-electron chi connectivity index (χ3n) is 5.03. The molecule has 29 heavy (non-hydrogen) atoms. The smallest absolute Gasteiger partial charge is 0.261 e. The Labute approximate surface area is 169 Å². The molecular weight excluding hydrogens is 370 g/mol. The van der Waals surface area contributed by atoms with Crippen LogP contribution in [0.4, 0.5) is 0 Å². The van der Waals surface area contributed by atoms with Gasteiger partial charge in [-0.05, 0) is 56.2 Å². The molecule has 1 saturated heterocycles. The molecule has 0 radical (unpaired) electrons. The number of amides is 1. The Morgan fingerprint density at radius 1 is 1.14 bits per heavy atom. The highest BCUT2D eigenvalue weighted by Crippen LogP contribution is 2.32. The Bertz CT molecular complexity index is 966. The molecule has 0 bridgehead atoms. The summed E-state index contributed by atoms with van der Waals surface area (Å²) in [7, 11) is 1.62. The summed E-state index contributed by atoms with van der Waals surface area (Å²) in [5.41, 5.74) is 1.98. The third-order valence-corrected chi connectivity index (χ3v) is 5.03. The fraction of sp³-hybridized carbons (Fsp3) is 0.318. The average Bonchev–Trinajstić information content (AvgIpc) is 3.43. The van der Waals surface area contributed by atoms with Gasteiger partial charge < -0.3 is 18.9 Å². The number of benzene rings is 2. The number of carbonyl (C=O) groups is 1. The second kappa shape index (κ2) is 8.34. The first-order valence-electron chi connectivity index (χ1n) is 9.61. The number of carbonyl (C=O) groups excluding carboxylic acids is 1. The summed E-state index contributed by atoms with van der Waals surface area (Å²) in [6.45, 7) is 2.65. The first-order chi connectivity index (χ1) is 14.1. The van der Waals surface area contributed by atoms with Crippen molar-refractivity contribution in [1.82, 2.24) is 15.0 Å². The summed E-state index contributed by atoms with van der Waals surface area (Å²) in [4.78, 5) is 19.0.